The smallest absolute Gasteiger partial charge is 0.160 e. The molecule has 0 aliphatic carbocycles. The van der Waals surface area contributed by atoms with E-state index in [9.17, 15) is 0 Å². The Kier molecular flexibility index (Phi) is 4.04. The van der Waals surface area contributed by atoms with Gasteiger partial charge in [0, 0.05) is 50.5 Å². The van der Waals surface area contributed by atoms with Crippen LogP contribution < -0.4 is 5.32 Å². The van der Waals surface area contributed by atoms with Crippen LogP contribution in [0.4, 0.5) is 5.82 Å². The molecule has 7 heteroatoms. The van der Waals surface area contributed by atoms with E-state index in [0.717, 1.165) is 29.5 Å². The molecule has 0 spiro atoms. The average molecular weight is 295 g/mol. The van der Waals surface area contributed by atoms with Gasteiger partial charge in [-0.05, 0) is 19.1 Å². The molecule has 3 aromatic heterocycles. The van der Waals surface area contributed by atoms with Gasteiger partial charge in [0.15, 0.2) is 5.82 Å². The molecule has 0 unspecified atom stereocenters. The summed E-state index contributed by atoms with van der Waals surface area (Å²) in [6.07, 6.45) is 9.54. The summed E-state index contributed by atoms with van der Waals surface area (Å²) in [5, 5.41) is 11.7. The molecule has 112 valence electrons. The maximum atomic E-state index is 4.27. The van der Waals surface area contributed by atoms with Gasteiger partial charge >= 0.3 is 0 Å². The highest BCUT2D eigenvalue weighted by molar-refractivity contribution is 5.51. The fraction of sp³-hybridized carbons (Fsp3) is 0.267. The first kappa shape index (κ1) is 14.1. The Morgan fingerprint density at radius 1 is 1.14 bits per heavy atom. The van der Waals surface area contributed by atoms with Gasteiger partial charge in [-0.2, -0.15) is 0 Å². The summed E-state index contributed by atoms with van der Waals surface area (Å²) >= 11 is 0. The Morgan fingerprint density at radius 2 is 2.05 bits per heavy atom. The van der Waals surface area contributed by atoms with E-state index >= 15 is 0 Å². The fourth-order valence-electron chi connectivity index (χ4n) is 2.19. The van der Waals surface area contributed by atoms with Crippen molar-refractivity contribution < 1.29 is 0 Å². The second-order valence-corrected chi connectivity index (χ2v) is 5.11. The predicted molar refractivity (Wildman–Crippen MR) is 83.1 cm³/mol. The number of hydrogen-bond donors (Lipinski definition) is 1. The fourth-order valence-corrected chi connectivity index (χ4v) is 2.19. The van der Waals surface area contributed by atoms with Gasteiger partial charge in [-0.3, -0.25) is 9.97 Å². The summed E-state index contributed by atoms with van der Waals surface area (Å²) in [5.74, 6) is 1.53. The number of anilines is 1. The number of hydrogen-bond acceptors (Lipinski definition) is 6. The zero-order valence-corrected chi connectivity index (χ0v) is 12.5. The third-order valence-electron chi connectivity index (χ3n) is 3.24. The minimum Gasteiger partial charge on any atom is -0.366 e. The summed E-state index contributed by atoms with van der Waals surface area (Å²) < 4.78 is 1.91. The van der Waals surface area contributed by atoms with E-state index in [1.165, 1.54) is 0 Å². The van der Waals surface area contributed by atoms with E-state index in [2.05, 4.69) is 37.4 Å². The highest BCUT2D eigenvalue weighted by atomic mass is 15.2. The predicted octanol–water partition coefficient (Wildman–Crippen LogP) is 1.71. The summed E-state index contributed by atoms with van der Waals surface area (Å²) in [7, 11) is 1.93. The van der Waals surface area contributed by atoms with Gasteiger partial charge in [0.05, 0.1) is 5.69 Å². The second-order valence-electron chi connectivity index (χ2n) is 5.11. The first-order chi connectivity index (χ1) is 10.7. The Hall–Kier alpha value is -2.83. The molecule has 0 amide bonds. The molecule has 0 saturated carbocycles. The van der Waals surface area contributed by atoms with Crippen LogP contribution in [0.5, 0.6) is 0 Å². The number of nitrogens with one attached hydrogen (secondary N) is 1. The van der Waals surface area contributed by atoms with Crippen molar-refractivity contribution in [1.82, 2.24) is 29.7 Å². The van der Waals surface area contributed by atoms with Crippen LogP contribution in [0, 0.1) is 0 Å². The summed E-state index contributed by atoms with van der Waals surface area (Å²) in [6, 6.07) is 4.00. The number of rotatable bonds is 5. The minimum atomic E-state index is 0.185. The van der Waals surface area contributed by atoms with Crippen molar-refractivity contribution in [3.05, 3.63) is 48.8 Å². The number of aromatic nitrogens is 6. The number of imidazole rings is 1. The third kappa shape index (κ3) is 3.25. The van der Waals surface area contributed by atoms with E-state index in [1.54, 1.807) is 24.8 Å². The molecule has 7 nitrogen and oxygen atoms in total. The van der Waals surface area contributed by atoms with Gasteiger partial charge in [0.2, 0.25) is 0 Å². The van der Waals surface area contributed by atoms with Crippen LogP contribution in [-0.4, -0.2) is 35.8 Å². The van der Waals surface area contributed by atoms with Crippen molar-refractivity contribution in [1.29, 1.82) is 0 Å². The van der Waals surface area contributed by atoms with Crippen molar-refractivity contribution in [2.45, 2.75) is 19.4 Å². The number of nitrogens with zero attached hydrogens (tertiary/aromatic N) is 6. The molecule has 1 N–H and O–H groups in total. The lowest BCUT2D eigenvalue weighted by molar-refractivity contribution is 0.756. The molecule has 3 aromatic rings. The van der Waals surface area contributed by atoms with Crippen LogP contribution in [0.15, 0.2) is 43.1 Å². The maximum absolute atomic E-state index is 4.27. The van der Waals surface area contributed by atoms with Gasteiger partial charge < -0.3 is 9.88 Å². The van der Waals surface area contributed by atoms with Crippen molar-refractivity contribution in [3.63, 3.8) is 0 Å². The first-order valence-corrected chi connectivity index (χ1v) is 7.05. The van der Waals surface area contributed by atoms with Crippen LogP contribution in [-0.2, 0) is 13.5 Å². The lowest BCUT2D eigenvalue weighted by Crippen LogP contribution is -2.19. The average Bonchev–Trinajstić information content (AvgIpc) is 2.95. The molecule has 0 saturated heterocycles. The zero-order chi connectivity index (χ0) is 15.4. The summed E-state index contributed by atoms with van der Waals surface area (Å²) in [6.45, 7) is 2.07. The minimum absolute atomic E-state index is 0.185. The molecule has 3 rings (SSSR count). The van der Waals surface area contributed by atoms with Gasteiger partial charge in [-0.15, -0.1) is 10.2 Å². The van der Waals surface area contributed by atoms with E-state index in [0.29, 0.717) is 0 Å². The van der Waals surface area contributed by atoms with Crippen LogP contribution >= 0.6 is 0 Å². The molecular formula is C15H17N7. The molecule has 0 bridgehead atoms. The normalized spacial score (nSPS) is 12.1. The molecule has 1 atom stereocenters. The van der Waals surface area contributed by atoms with E-state index in [-0.39, 0.29) is 6.04 Å². The molecule has 0 radical (unpaired) electrons. The quantitative estimate of drug-likeness (QED) is 0.771. The molecule has 22 heavy (non-hydrogen) atoms. The first-order valence-electron chi connectivity index (χ1n) is 7.05. The Bertz CT molecular complexity index is 721. The largest absolute Gasteiger partial charge is 0.366 e. The Morgan fingerprint density at radius 3 is 2.68 bits per heavy atom. The van der Waals surface area contributed by atoms with Gasteiger partial charge in [-0.1, -0.05) is 0 Å². The second kappa shape index (κ2) is 6.30. The molecule has 0 aliphatic rings. The molecule has 0 aliphatic heterocycles. The van der Waals surface area contributed by atoms with E-state index < -0.39 is 0 Å². The molecule has 0 fully saturated rings. The zero-order valence-electron chi connectivity index (χ0n) is 12.5. The van der Waals surface area contributed by atoms with Crippen LogP contribution in [0.25, 0.3) is 11.5 Å². The summed E-state index contributed by atoms with van der Waals surface area (Å²) in [4.78, 5) is 12.6. The highest BCUT2D eigenvalue weighted by Crippen LogP contribution is 2.14. The van der Waals surface area contributed by atoms with Gasteiger partial charge in [0.25, 0.3) is 0 Å². The number of aryl methyl sites for hydroxylation is 1. The molecule has 0 aromatic carbocycles. The van der Waals surface area contributed by atoms with Crippen molar-refractivity contribution >= 4 is 5.82 Å². The van der Waals surface area contributed by atoms with Crippen LogP contribution in [0.2, 0.25) is 0 Å². The lowest BCUT2D eigenvalue weighted by Gasteiger charge is -2.13. The van der Waals surface area contributed by atoms with Crippen molar-refractivity contribution in [2.75, 3.05) is 5.32 Å². The van der Waals surface area contributed by atoms with Gasteiger partial charge in [-0.25, -0.2) is 4.98 Å². The SMILES string of the molecule is C[C@@H](Cc1cnccn1)Nc1ccc(-c2nccn2C)nn1. The standard InChI is InChI=1S/C15H17N7/c1-11(9-12-10-16-5-6-17-12)19-14-4-3-13(20-21-14)15-18-7-8-22(15)2/h3-8,10-11H,9H2,1-2H3,(H,19,21)/t11-/m0/s1. The Balaban J connectivity index is 1.65. The van der Waals surface area contributed by atoms with Gasteiger partial charge in [0.1, 0.15) is 11.5 Å². The van der Waals surface area contributed by atoms with Crippen molar-refractivity contribution in [2.24, 2.45) is 7.05 Å². The maximum Gasteiger partial charge on any atom is 0.160 e. The van der Waals surface area contributed by atoms with Crippen LogP contribution in [0.3, 0.4) is 0 Å². The third-order valence-corrected chi connectivity index (χ3v) is 3.24. The topological polar surface area (TPSA) is 81.4 Å². The Labute approximate surface area is 128 Å². The van der Waals surface area contributed by atoms with E-state index in [1.807, 2.05) is 29.9 Å². The highest BCUT2D eigenvalue weighted by Gasteiger charge is 2.08. The summed E-state index contributed by atoms with van der Waals surface area (Å²) in [5.41, 5.74) is 1.69. The molecular weight excluding hydrogens is 278 g/mol. The molecule has 3 heterocycles. The van der Waals surface area contributed by atoms with E-state index in [4.69, 9.17) is 0 Å². The van der Waals surface area contributed by atoms with Crippen LogP contribution in [0.1, 0.15) is 12.6 Å². The van der Waals surface area contributed by atoms with Crippen molar-refractivity contribution in [3.8, 4) is 11.5 Å². The monoisotopic (exact) mass is 295 g/mol. The lowest BCUT2D eigenvalue weighted by atomic mass is 10.2.